The summed E-state index contributed by atoms with van der Waals surface area (Å²) in [5.74, 6) is 0.394. The van der Waals surface area contributed by atoms with E-state index in [2.05, 4.69) is 31.1 Å². The predicted molar refractivity (Wildman–Crippen MR) is 75.3 cm³/mol. The molecule has 0 aromatic carbocycles. The lowest BCUT2D eigenvalue weighted by atomic mass is 9.96. The predicted octanol–water partition coefficient (Wildman–Crippen LogP) is 3.38. The number of carbonyl (C=O) groups excluding carboxylic acids is 1. The summed E-state index contributed by atoms with van der Waals surface area (Å²) >= 11 is 3.26. The lowest BCUT2D eigenvalue weighted by molar-refractivity contribution is 0.0259. The van der Waals surface area contributed by atoms with Gasteiger partial charge in [0.15, 0.2) is 11.9 Å². The fourth-order valence-corrected chi connectivity index (χ4v) is 1.81. The third-order valence-corrected chi connectivity index (χ3v) is 3.07. The Morgan fingerprint density at radius 3 is 2.70 bits per heavy atom. The van der Waals surface area contributed by atoms with E-state index >= 15 is 0 Å². The van der Waals surface area contributed by atoms with Crippen molar-refractivity contribution in [2.24, 2.45) is 0 Å². The molecule has 0 saturated heterocycles. The zero-order chi connectivity index (χ0) is 14.9. The molecule has 1 atom stereocenters. The van der Waals surface area contributed by atoms with Crippen LogP contribution in [-0.2, 0) is 10.2 Å². The van der Waals surface area contributed by atoms with Gasteiger partial charge in [0.1, 0.15) is 5.69 Å². The minimum Gasteiger partial charge on any atom is -0.448 e. The summed E-state index contributed by atoms with van der Waals surface area (Å²) in [6.07, 6.45) is 1.05. The highest BCUT2D eigenvalue weighted by atomic mass is 79.9. The first-order valence-corrected chi connectivity index (χ1v) is 6.95. The Morgan fingerprint density at radius 2 is 2.20 bits per heavy atom. The number of hydrogen-bond donors (Lipinski definition) is 1. The van der Waals surface area contributed by atoms with Gasteiger partial charge in [0.25, 0.3) is 5.89 Å². The van der Waals surface area contributed by atoms with Crippen LogP contribution >= 0.6 is 15.9 Å². The van der Waals surface area contributed by atoms with Crippen LogP contribution in [0.3, 0.4) is 0 Å². The highest BCUT2D eigenvalue weighted by Gasteiger charge is 2.25. The second-order valence-corrected chi connectivity index (χ2v) is 6.40. The molecule has 20 heavy (non-hydrogen) atoms. The molecule has 0 amide bonds. The summed E-state index contributed by atoms with van der Waals surface area (Å²) in [4.78, 5) is 18.9. The molecular weight excluding hydrogens is 326 g/mol. The monoisotopic (exact) mass is 341 g/mol. The fourth-order valence-electron chi connectivity index (χ4n) is 1.47. The van der Waals surface area contributed by atoms with Crippen molar-refractivity contribution in [3.05, 3.63) is 34.1 Å². The molecule has 0 saturated carbocycles. The number of rotatable bonds is 3. The van der Waals surface area contributed by atoms with Crippen LogP contribution in [0.1, 0.15) is 56.0 Å². The quantitative estimate of drug-likeness (QED) is 0.865. The van der Waals surface area contributed by atoms with Crippen LogP contribution in [0.2, 0.25) is 0 Å². The molecule has 2 aromatic heterocycles. The lowest BCUT2D eigenvalue weighted by Gasteiger charge is -2.11. The molecule has 7 heteroatoms. The van der Waals surface area contributed by atoms with Gasteiger partial charge in [0.05, 0.1) is 0 Å². The second kappa shape index (κ2) is 5.40. The number of halogens is 1. The van der Waals surface area contributed by atoms with Crippen LogP contribution in [0.15, 0.2) is 21.3 Å². The van der Waals surface area contributed by atoms with Crippen molar-refractivity contribution < 1.29 is 14.1 Å². The molecule has 0 bridgehead atoms. The number of nitrogens with one attached hydrogen (secondary N) is 1. The molecule has 0 fully saturated rings. The SMILES string of the molecule is C[C@H](OC(=O)c1cc(Br)c[nH]1)c1nc(C(C)(C)C)no1. The van der Waals surface area contributed by atoms with E-state index in [4.69, 9.17) is 9.26 Å². The normalized spacial score (nSPS) is 13.2. The topological polar surface area (TPSA) is 81.0 Å². The van der Waals surface area contributed by atoms with Crippen molar-refractivity contribution in [2.45, 2.75) is 39.2 Å². The molecule has 1 N–H and O–H groups in total. The average Bonchev–Trinajstić information content (AvgIpc) is 2.95. The first-order valence-electron chi connectivity index (χ1n) is 6.16. The molecule has 0 radical (unpaired) electrons. The highest BCUT2D eigenvalue weighted by molar-refractivity contribution is 9.10. The van der Waals surface area contributed by atoms with E-state index in [1.54, 1.807) is 19.2 Å². The number of carbonyl (C=O) groups is 1. The number of ether oxygens (including phenoxy) is 1. The Labute approximate surface area is 125 Å². The first kappa shape index (κ1) is 14.8. The van der Waals surface area contributed by atoms with Gasteiger partial charge in [-0.05, 0) is 28.9 Å². The number of aromatic nitrogens is 3. The van der Waals surface area contributed by atoms with Crippen LogP contribution in [0.4, 0.5) is 0 Å². The Kier molecular flexibility index (Phi) is 3.99. The zero-order valence-electron chi connectivity index (χ0n) is 11.7. The molecule has 6 nitrogen and oxygen atoms in total. The molecule has 2 heterocycles. The molecule has 2 rings (SSSR count). The maximum atomic E-state index is 11.9. The van der Waals surface area contributed by atoms with Crippen molar-refractivity contribution in [3.8, 4) is 0 Å². The minimum absolute atomic E-state index is 0.213. The summed E-state index contributed by atoms with van der Waals surface area (Å²) in [5.41, 5.74) is 0.148. The first-order chi connectivity index (χ1) is 9.27. The minimum atomic E-state index is -0.604. The van der Waals surface area contributed by atoms with Crippen LogP contribution in [0.25, 0.3) is 0 Å². The molecular formula is C13H16BrN3O3. The van der Waals surface area contributed by atoms with Gasteiger partial charge in [-0.3, -0.25) is 0 Å². The number of esters is 1. The maximum Gasteiger partial charge on any atom is 0.355 e. The van der Waals surface area contributed by atoms with E-state index in [1.165, 1.54) is 0 Å². The summed E-state index contributed by atoms with van der Waals surface area (Å²) in [5, 5.41) is 3.90. The van der Waals surface area contributed by atoms with Gasteiger partial charge in [-0.2, -0.15) is 4.98 Å². The molecule has 0 spiro atoms. The third-order valence-electron chi connectivity index (χ3n) is 2.61. The number of hydrogen-bond acceptors (Lipinski definition) is 5. The fraction of sp³-hybridized carbons (Fsp3) is 0.462. The van der Waals surface area contributed by atoms with Crippen LogP contribution in [0.5, 0.6) is 0 Å². The van der Waals surface area contributed by atoms with Crippen LogP contribution in [-0.4, -0.2) is 21.1 Å². The van der Waals surface area contributed by atoms with Crippen molar-refractivity contribution in [1.82, 2.24) is 15.1 Å². The van der Waals surface area contributed by atoms with Crippen LogP contribution < -0.4 is 0 Å². The van der Waals surface area contributed by atoms with E-state index in [1.807, 2.05) is 20.8 Å². The van der Waals surface area contributed by atoms with E-state index in [-0.39, 0.29) is 11.3 Å². The van der Waals surface area contributed by atoms with Gasteiger partial charge in [-0.1, -0.05) is 25.9 Å². The summed E-state index contributed by atoms with van der Waals surface area (Å²) in [6, 6.07) is 1.64. The number of nitrogens with zero attached hydrogens (tertiary/aromatic N) is 2. The smallest absolute Gasteiger partial charge is 0.355 e. The maximum absolute atomic E-state index is 11.9. The van der Waals surface area contributed by atoms with Gasteiger partial charge >= 0.3 is 5.97 Å². The number of aromatic amines is 1. The van der Waals surface area contributed by atoms with Gasteiger partial charge in [-0.25, -0.2) is 4.79 Å². The van der Waals surface area contributed by atoms with E-state index < -0.39 is 12.1 Å². The van der Waals surface area contributed by atoms with Crippen molar-refractivity contribution in [2.75, 3.05) is 0 Å². The van der Waals surface area contributed by atoms with Crippen LogP contribution in [0, 0.1) is 0 Å². The molecule has 0 unspecified atom stereocenters. The number of H-pyrrole nitrogens is 1. The Balaban J connectivity index is 2.07. The molecule has 108 valence electrons. The second-order valence-electron chi connectivity index (χ2n) is 5.49. The van der Waals surface area contributed by atoms with Crippen molar-refractivity contribution in [1.29, 1.82) is 0 Å². The Bertz CT molecular complexity index is 612. The third kappa shape index (κ3) is 3.27. The standard InChI is InChI=1S/C13H16BrN3O3/c1-7(10-16-12(17-20-10)13(2,3)4)19-11(18)9-5-8(14)6-15-9/h5-7,15H,1-4H3/t7-/m0/s1. The largest absolute Gasteiger partial charge is 0.448 e. The summed E-state index contributed by atoms with van der Waals surface area (Å²) < 4.78 is 11.2. The van der Waals surface area contributed by atoms with E-state index in [0.29, 0.717) is 11.5 Å². The van der Waals surface area contributed by atoms with Gasteiger partial charge in [0.2, 0.25) is 0 Å². The van der Waals surface area contributed by atoms with Crippen molar-refractivity contribution in [3.63, 3.8) is 0 Å². The van der Waals surface area contributed by atoms with Gasteiger partial charge in [0, 0.05) is 16.1 Å². The average molecular weight is 342 g/mol. The van der Waals surface area contributed by atoms with E-state index in [0.717, 1.165) is 4.47 Å². The highest BCUT2D eigenvalue weighted by Crippen LogP contribution is 2.23. The Morgan fingerprint density at radius 1 is 1.50 bits per heavy atom. The molecule has 0 aliphatic heterocycles. The molecule has 0 aliphatic rings. The molecule has 2 aromatic rings. The lowest BCUT2D eigenvalue weighted by Crippen LogP contribution is -2.14. The van der Waals surface area contributed by atoms with Gasteiger partial charge < -0.3 is 14.2 Å². The Hall–Kier alpha value is -1.63. The van der Waals surface area contributed by atoms with Crippen molar-refractivity contribution >= 4 is 21.9 Å². The summed E-state index contributed by atoms with van der Waals surface area (Å²) in [7, 11) is 0. The zero-order valence-corrected chi connectivity index (χ0v) is 13.3. The van der Waals surface area contributed by atoms with Gasteiger partial charge in [-0.15, -0.1) is 0 Å². The summed E-state index contributed by atoms with van der Waals surface area (Å²) in [6.45, 7) is 7.63. The molecule has 0 aliphatic carbocycles. The van der Waals surface area contributed by atoms with E-state index in [9.17, 15) is 4.79 Å².